The molecule has 0 aliphatic heterocycles. The minimum absolute atomic E-state index is 0.251. The molecular formula is C13H11F3N2O. The van der Waals surface area contributed by atoms with Crippen molar-refractivity contribution in [3.05, 3.63) is 64.1 Å². The Hall–Kier alpha value is -2.08. The van der Waals surface area contributed by atoms with E-state index in [-0.39, 0.29) is 12.1 Å². The van der Waals surface area contributed by atoms with Crippen molar-refractivity contribution in [3.63, 3.8) is 0 Å². The molecule has 1 aromatic carbocycles. The van der Waals surface area contributed by atoms with E-state index in [1.165, 1.54) is 29.0 Å². The van der Waals surface area contributed by atoms with Gasteiger partial charge in [-0.15, -0.1) is 0 Å². The third-order valence-electron chi connectivity index (χ3n) is 2.68. The lowest BCUT2D eigenvalue weighted by Crippen LogP contribution is -2.18. The second-order valence-corrected chi connectivity index (χ2v) is 3.99. The number of hydrogen-bond donors (Lipinski definition) is 1. The molecule has 1 aromatic heterocycles. The van der Waals surface area contributed by atoms with Crippen LogP contribution in [-0.4, -0.2) is 4.57 Å². The predicted octanol–water partition coefficient (Wildman–Crippen LogP) is 2.32. The van der Waals surface area contributed by atoms with Crippen molar-refractivity contribution in [1.82, 2.24) is 4.57 Å². The van der Waals surface area contributed by atoms with Crippen molar-refractivity contribution in [2.24, 2.45) is 5.73 Å². The molecule has 0 radical (unpaired) electrons. The zero-order valence-corrected chi connectivity index (χ0v) is 9.82. The van der Waals surface area contributed by atoms with Crippen molar-refractivity contribution in [1.29, 1.82) is 0 Å². The lowest BCUT2D eigenvalue weighted by atomic mass is 10.2. The van der Waals surface area contributed by atoms with E-state index < -0.39 is 11.7 Å². The molecular weight excluding hydrogens is 257 g/mol. The summed E-state index contributed by atoms with van der Waals surface area (Å²) in [7, 11) is 0. The van der Waals surface area contributed by atoms with Gasteiger partial charge >= 0.3 is 6.18 Å². The number of nitrogens with zero attached hydrogens (tertiary/aromatic N) is 1. The van der Waals surface area contributed by atoms with E-state index >= 15 is 0 Å². The second-order valence-electron chi connectivity index (χ2n) is 3.99. The van der Waals surface area contributed by atoms with Gasteiger partial charge in [-0.05, 0) is 29.8 Å². The SMILES string of the molecule is NCc1ccc(=O)n(-c2ccc(C(F)(F)F)cc2)c1. The van der Waals surface area contributed by atoms with E-state index in [0.29, 0.717) is 5.69 Å². The number of pyridine rings is 1. The molecule has 2 aromatic rings. The average molecular weight is 268 g/mol. The van der Waals surface area contributed by atoms with Gasteiger partial charge in [0.25, 0.3) is 5.56 Å². The van der Waals surface area contributed by atoms with Crippen LogP contribution in [0.4, 0.5) is 13.2 Å². The lowest BCUT2D eigenvalue weighted by Gasteiger charge is -2.10. The van der Waals surface area contributed by atoms with Crippen molar-refractivity contribution in [3.8, 4) is 5.69 Å². The molecule has 100 valence electrons. The van der Waals surface area contributed by atoms with Crippen LogP contribution in [-0.2, 0) is 12.7 Å². The molecule has 0 fully saturated rings. The molecule has 0 saturated carbocycles. The van der Waals surface area contributed by atoms with Crippen LogP contribution in [0.25, 0.3) is 5.69 Å². The third-order valence-corrected chi connectivity index (χ3v) is 2.68. The molecule has 0 amide bonds. The van der Waals surface area contributed by atoms with E-state index in [1.54, 1.807) is 6.07 Å². The van der Waals surface area contributed by atoms with Crippen LogP contribution in [0.15, 0.2) is 47.4 Å². The first-order valence-electron chi connectivity index (χ1n) is 5.51. The topological polar surface area (TPSA) is 48.0 Å². The molecule has 0 spiro atoms. The summed E-state index contributed by atoms with van der Waals surface area (Å²) in [6.45, 7) is 0.251. The Balaban J connectivity index is 2.45. The van der Waals surface area contributed by atoms with Gasteiger partial charge in [-0.3, -0.25) is 9.36 Å². The highest BCUT2D eigenvalue weighted by atomic mass is 19.4. The van der Waals surface area contributed by atoms with Crippen LogP contribution in [0.1, 0.15) is 11.1 Å². The smallest absolute Gasteiger partial charge is 0.326 e. The third kappa shape index (κ3) is 2.85. The highest BCUT2D eigenvalue weighted by Crippen LogP contribution is 2.29. The molecule has 0 saturated heterocycles. The fraction of sp³-hybridized carbons (Fsp3) is 0.154. The quantitative estimate of drug-likeness (QED) is 0.908. The fourth-order valence-electron chi connectivity index (χ4n) is 1.66. The van der Waals surface area contributed by atoms with Crippen molar-refractivity contribution < 1.29 is 13.2 Å². The minimum Gasteiger partial charge on any atom is -0.326 e. The maximum Gasteiger partial charge on any atom is 0.416 e. The second kappa shape index (κ2) is 4.89. The van der Waals surface area contributed by atoms with Crippen molar-refractivity contribution >= 4 is 0 Å². The monoisotopic (exact) mass is 268 g/mol. The highest BCUT2D eigenvalue weighted by molar-refractivity contribution is 5.36. The molecule has 0 aliphatic carbocycles. The van der Waals surface area contributed by atoms with E-state index in [0.717, 1.165) is 17.7 Å². The van der Waals surface area contributed by atoms with Gasteiger partial charge in [0.05, 0.1) is 5.56 Å². The molecule has 2 N–H and O–H groups in total. The molecule has 0 bridgehead atoms. The maximum absolute atomic E-state index is 12.4. The van der Waals surface area contributed by atoms with Gasteiger partial charge in [-0.1, -0.05) is 6.07 Å². The van der Waals surface area contributed by atoms with Crippen LogP contribution < -0.4 is 11.3 Å². The fourth-order valence-corrected chi connectivity index (χ4v) is 1.66. The zero-order valence-electron chi connectivity index (χ0n) is 9.82. The number of alkyl halides is 3. The Morgan fingerprint density at radius 1 is 1.05 bits per heavy atom. The van der Waals surface area contributed by atoms with Gasteiger partial charge < -0.3 is 5.73 Å². The summed E-state index contributed by atoms with van der Waals surface area (Å²) in [6.07, 6.45) is -2.87. The molecule has 19 heavy (non-hydrogen) atoms. The van der Waals surface area contributed by atoms with Gasteiger partial charge in [-0.2, -0.15) is 13.2 Å². The van der Waals surface area contributed by atoms with Crippen molar-refractivity contribution in [2.45, 2.75) is 12.7 Å². The first kappa shape index (κ1) is 13.4. The standard InChI is InChI=1S/C13H11F3N2O/c14-13(15,16)10-2-4-11(5-3-10)18-8-9(7-17)1-6-12(18)19/h1-6,8H,7,17H2. The summed E-state index contributed by atoms with van der Waals surface area (Å²) in [5, 5.41) is 0. The Morgan fingerprint density at radius 2 is 1.68 bits per heavy atom. The molecule has 0 atom stereocenters. The van der Waals surface area contributed by atoms with Crippen LogP contribution in [0.5, 0.6) is 0 Å². The Labute approximate surface area is 107 Å². The summed E-state index contributed by atoms with van der Waals surface area (Å²) in [4.78, 5) is 11.7. The summed E-state index contributed by atoms with van der Waals surface area (Å²) >= 11 is 0. The van der Waals surface area contributed by atoms with Gasteiger partial charge in [0, 0.05) is 24.5 Å². The van der Waals surface area contributed by atoms with E-state index in [2.05, 4.69) is 0 Å². The Bertz CT molecular complexity index is 630. The molecule has 1 heterocycles. The number of halogens is 3. The predicted molar refractivity (Wildman–Crippen MR) is 64.9 cm³/mol. The molecule has 6 heteroatoms. The number of aromatic nitrogens is 1. The largest absolute Gasteiger partial charge is 0.416 e. The van der Waals surface area contributed by atoms with Gasteiger partial charge in [0.1, 0.15) is 0 Å². The number of nitrogens with two attached hydrogens (primary N) is 1. The lowest BCUT2D eigenvalue weighted by molar-refractivity contribution is -0.137. The molecule has 0 aliphatic rings. The molecule has 2 rings (SSSR count). The van der Waals surface area contributed by atoms with Gasteiger partial charge in [0.15, 0.2) is 0 Å². The van der Waals surface area contributed by atoms with Crippen molar-refractivity contribution in [2.75, 3.05) is 0 Å². The van der Waals surface area contributed by atoms with Gasteiger partial charge in [0.2, 0.25) is 0 Å². The average Bonchev–Trinajstić information content (AvgIpc) is 2.38. The summed E-state index contributed by atoms with van der Waals surface area (Å²) < 4.78 is 38.6. The van der Waals surface area contributed by atoms with Crippen LogP contribution in [0.2, 0.25) is 0 Å². The summed E-state index contributed by atoms with van der Waals surface area (Å²) in [6, 6.07) is 7.31. The first-order valence-corrected chi connectivity index (χ1v) is 5.51. The van der Waals surface area contributed by atoms with E-state index in [9.17, 15) is 18.0 Å². The Kier molecular flexibility index (Phi) is 3.44. The number of rotatable bonds is 2. The minimum atomic E-state index is -4.39. The molecule has 3 nitrogen and oxygen atoms in total. The summed E-state index contributed by atoms with van der Waals surface area (Å²) in [5.41, 5.74) is 5.48. The highest BCUT2D eigenvalue weighted by Gasteiger charge is 2.29. The van der Waals surface area contributed by atoms with Crippen LogP contribution >= 0.6 is 0 Å². The normalized spacial score (nSPS) is 11.6. The van der Waals surface area contributed by atoms with Crippen LogP contribution in [0.3, 0.4) is 0 Å². The number of benzene rings is 1. The molecule has 0 unspecified atom stereocenters. The van der Waals surface area contributed by atoms with E-state index in [4.69, 9.17) is 5.73 Å². The first-order chi connectivity index (χ1) is 8.91. The Morgan fingerprint density at radius 3 is 2.21 bits per heavy atom. The van der Waals surface area contributed by atoms with Gasteiger partial charge in [-0.25, -0.2) is 0 Å². The number of hydrogen-bond acceptors (Lipinski definition) is 2. The maximum atomic E-state index is 12.4. The summed E-state index contributed by atoms with van der Waals surface area (Å²) in [5.74, 6) is 0. The zero-order chi connectivity index (χ0) is 14.0. The van der Waals surface area contributed by atoms with E-state index in [1.807, 2.05) is 0 Å². The van der Waals surface area contributed by atoms with Crippen LogP contribution in [0, 0.1) is 0 Å².